The Labute approximate surface area is 92.8 Å². The van der Waals surface area contributed by atoms with Crippen LogP contribution in [-0.4, -0.2) is 24.7 Å². The molecule has 4 nitrogen and oxygen atoms in total. The fourth-order valence-corrected chi connectivity index (χ4v) is 1.60. The molecule has 0 saturated heterocycles. The van der Waals surface area contributed by atoms with E-state index in [2.05, 4.69) is 0 Å². The highest BCUT2D eigenvalue weighted by molar-refractivity contribution is 5.76. The molecule has 0 aliphatic rings. The first kappa shape index (κ1) is 12.4. The molecule has 0 bridgehead atoms. The van der Waals surface area contributed by atoms with Crippen LogP contribution in [0.25, 0.3) is 0 Å². The average molecular weight is 227 g/mol. The number of benzene rings is 1. The molecule has 1 aromatic rings. The Hall–Kier alpha value is -1.62. The smallest absolute Gasteiger partial charge is 0.312 e. The maximum absolute atomic E-state index is 13.5. The van der Waals surface area contributed by atoms with Crippen LogP contribution in [0.4, 0.5) is 4.39 Å². The summed E-state index contributed by atoms with van der Waals surface area (Å²) in [6.07, 6.45) is 0. The van der Waals surface area contributed by atoms with Crippen molar-refractivity contribution < 1.29 is 19.0 Å². The summed E-state index contributed by atoms with van der Waals surface area (Å²) < 4.78 is 18.4. The minimum atomic E-state index is -1.06. The van der Waals surface area contributed by atoms with Crippen molar-refractivity contribution in [1.82, 2.24) is 0 Å². The molecule has 88 valence electrons. The number of rotatable bonds is 4. The number of carboxylic acid groups (broad SMARTS) is 1. The molecule has 0 heterocycles. The molecule has 1 aromatic carbocycles. The van der Waals surface area contributed by atoms with Crippen molar-refractivity contribution in [2.45, 2.75) is 12.8 Å². The van der Waals surface area contributed by atoms with Crippen LogP contribution in [0.15, 0.2) is 12.1 Å². The van der Waals surface area contributed by atoms with E-state index in [4.69, 9.17) is 15.6 Å². The topological polar surface area (TPSA) is 72.5 Å². The van der Waals surface area contributed by atoms with Crippen molar-refractivity contribution >= 4 is 5.97 Å². The Kier molecular flexibility index (Phi) is 3.84. The van der Waals surface area contributed by atoms with Gasteiger partial charge in [0.05, 0.1) is 13.0 Å². The van der Waals surface area contributed by atoms with Gasteiger partial charge in [-0.15, -0.1) is 0 Å². The second-order valence-electron chi connectivity index (χ2n) is 3.48. The largest absolute Gasteiger partial charge is 0.493 e. The van der Waals surface area contributed by atoms with E-state index in [1.165, 1.54) is 7.11 Å². The van der Waals surface area contributed by atoms with Gasteiger partial charge in [-0.3, -0.25) is 4.79 Å². The predicted molar refractivity (Wildman–Crippen MR) is 57.1 cm³/mol. The van der Waals surface area contributed by atoms with Crippen LogP contribution >= 0.6 is 0 Å². The molecule has 5 heteroatoms. The van der Waals surface area contributed by atoms with Crippen molar-refractivity contribution in [3.05, 3.63) is 29.1 Å². The summed E-state index contributed by atoms with van der Waals surface area (Å²) in [7, 11) is 1.36. The van der Waals surface area contributed by atoms with Gasteiger partial charge in [-0.25, -0.2) is 4.39 Å². The standard InChI is InChI=1S/C11H14FNO3/c1-6-3-7(8(5-13)11(14)15)4-9(12)10(6)16-2/h3-4,8H,5,13H2,1-2H3,(H,14,15). The van der Waals surface area contributed by atoms with Gasteiger partial charge in [-0.05, 0) is 24.1 Å². The third-order valence-electron chi connectivity index (χ3n) is 2.39. The van der Waals surface area contributed by atoms with Crippen LogP contribution in [0.5, 0.6) is 5.75 Å². The Bertz CT molecular complexity index is 383. The first-order valence-electron chi connectivity index (χ1n) is 4.78. The quantitative estimate of drug-likeness (QED) is 0.812. The fraction of sp³-hybridized carbons (Fsp3) is 0.364. The first-order chi connectivity index (χ1) is 7.51. The van der Waals surface area contributed by atoms with Gasteiger partial charge in [0.2, 0.25) is 0 Å². The van der Waals surface area contributed by atoms with Crippen molar-refractivity contribution in [3.8, 4) is 5.75 Å². The minimum absolute atomic E-state index is 0.0689. The molecular formula is C11H14FNO3. The van der Waals surface area contributed by atoms with Gasteiger partial charge in [0, 0.05) is 6.54 Å². The van der Waals surface area contributed by atoms with E-state index in [9.17, 15) is 9.18 Å². The summed E-state index contributed by atoms with van der Waals surface area (Å²) >= 11 is 0. The highest BCUT2D eigenvalue weighted by Crippen LogP contribution is 2.27. The van der Waals surface area contributed by atoms with E-state index in [-0.39, 0.29) is 12.3 Å². The van der Waals surface area contributed by atoms with Gasteiger partial charge in [-0.2, -0.15) is 0 Å². The van der Waals surface area contributed by atoms with E-state index in [0.717, 1.165) is 6.07 Å². The van der Waals surface area contributed by atoms with E-state index >= 15 is 0 Å². The minimum Gasteiger partial charge on any atom is -0.493 e. The number of aliphatic carboxylic acids is 1. The molecule has 1 unspecified atom stereocenters. The Morgan fingerprint density at radius 2 is 2.25 bits per heavy atom. The maximum Gasteiger partial charge on any atom is 0.312 e. The Morgan fingerprint density at radius 1 is 1.62 bits per heavy atom. The molecule has 0 radical (unpaired) electrons. The molecule has 1 atom stereocenters. The molecule has 3 N–H and O–H groups in total. The zero-order chi connectivity index (χ0) is 12.3. The van der Waals surface area contributed by atoms with Crippen LogP contribution in [0.2, 0.25) is 0 Å². The number of hydrogen-bond acceptors (Lipinski definition) is 3. The summed E-state index contributed by atoms with van der Waals surface area (Å²) in [5, 5.41) is 8.90. The van der Waals surface area contributed by atoms with E-state index in [0.29, 0.717) is 11.1 Å². The number of carboxylic acids is 1. The Balaban J connectivity index is 3.21. The van der Waals surface area contributed by atoms with Crippen molar-refractivity contribution in [2.75, 3.05) is 13.7 Å². The third-order valence-corrected chi connectivity index (χ3v) is 2.39. The van der Waals surface area contributed by atoms with E-state index in [1.807, 2.05) is 0 Å². The highest BCUT2D eigenvalue weighted by atomic mass is 19.1. The number of methoxy groups -OCH3 is 1. The lowest BCUT2D eigenvalue weighted by Gasteiger charge is -2.13. The molecule has 0 aromatic heterocycles. The van der Waals surface area contributed by atoms with Gasteiger partial charge in [0.15, 0.2) is 11.6 Å². The first-order valence-corrected chi connectivity index (χ1v) is 4.78. The lowest BCUT2D eigenvalue weighted by Crippen LogP contribution is -2.21. The van der Waals surface area contributed by atoms with Crippen LogP contribution < -0.4 is 10.5 Å². The SMILES string of the molecule is COc1c(C)cc(C(CN)C(=O)O)cc1F. The summed E-state index contributed by atoms with van der Waals surface area (Å²) in [5.41, 5.74) is 6.25. The van der Waals surface area contributed by atoms with E-state index in [1.54, 1.807) is 13.0 Å². The number of halogens is 1. The predicted octanol–water partition coefficient (Wildman–Crippen LogP) is 1.27. The zero-order valence-electron chi connectivity index (χ0n) is 9.16. The van der Waals surface area contributed by atoms with E-state index < -0.39 is 17.7 Å². The zero-order valence-corrected chi connectivity index (χ0v) is 9.16. The monoisotopic (exact) mass is 227 g/mol. The number of carbonyl (C=O) groups is 1. The van der Waals surface area contributed by atoms with Gasteiger partial charge in [0.1, 0.15) is 0 Å². The van der Waals surface area contributed by atoms with Crippen molar-refractivity contribution in [3.63, 3.8) is 0 Å². The number of ether oxygens (including phenoxy) is 1. The van der Waals surface area contributed by atoms with Gasteiger partial charge in [0.25, 0.3) is 0 Å². The normalized spacial score (nSPS) is 12.2. The molecule has 0 spiro atoms. The van der Waals surface area contributed by atoms with Crippen LogP contribution in [-0.2, 0) is 4.79 Å². The van der Waals surface area contributed by atoms with Crippen LogP contribution in [0.1, 0.15) is 17.0 Å². The van der Waals surface area contributed by atoms with Gasteiger partial charge in [-0.1, -0.05) is 6.07 Å². The molecule has 1 rings (SSSR count). The van der Waals surface area contributed by atoms with Gasteiger partial charge < -0.3 is 15.6 Å². The highest BCUT2D eigenvalue weighted by Gasteiger charge is 2.20. The molecule has 16 heavy (non-hydrogen) atoms. The van der Waals surface area contributed by atoms with Crippen molar-refractivity contribution in [1.29, 1.82) is 0 Å². The molecular weight excluding hydrogens is 213 g/mol. The number of nitrogens with two attached hydrogens (primary N) is 1. The lowest BCUT2D eigenvalue weighted by atomic mass is 9.97. The van der Waals surface area contributed by atoms with Crippen molar-refractivity contribution in [2.24, 2.45) is 5.73 Å². The summed E-state index contributed by atoms with van der Waals surface area (Å²) in [6, 6.07) is 2.73. The summed E-state index contributed by atoms with van der Waals surface area (Å²) in [4.78, 5) is 10.9. The number of hydrogen-bond donors (Lipinski definition) is 2. The molecule has 0 fully saturated rings. The Morgan fingerprint density at radius 3 is 2.62 bits per heavy atom. The summed E-state index contributed by atoms with van der Waals surface area (Å²) in [5.74, 6) is -2.40. The second-order valence-corrected chi connectivity index (χ2v) is 3.48. The maximum atomic E-state index is 13.5. The molecule has 0 saturated carbocycles. The second kappa shape index (κ2) is 4.94. The molecule has 0 aliphatic heterocycles. The molecule has 0 aliphatic carbocycles. The molecule has 0 amide bonds. The average Bonchev–Trinajstić information content (AvgIpc) is 2.17. The van der Waals surface area contributed by atoms with Gasteiger partial charge >= 0.3 is 5.97 Å². The number of aryl methyl sites for hydroxylation is 1. The summed E-state index contributed by atoms with van der Waals surface area (Å²) in [6.45, 7) is 1.58. The fourth-order valence-electron chi connectivity index (χ4n) is 1.60. The van der Waals surface area contributed by atoms with Crippen LogP contribution in [0.3, 0.4) is 0 Å². The van der Waals surface area contributed by atoms with Crippen LogP contribution in [0, 0.1) is 12.7 Å². The third kappa shape index (κ3) is 2.30. The lowest BCUT2D eigenvalue weighted by molar-refractivity contribution is -0.138.